The molecular weight excluding hydrogens is 306 g/mol. The van der Waals surface area contributed by atoms with E-state index in [1.54, 1.807) is 29.6 Å². The first-order valence-electron chi connectivity index (χ1n) is 6.15. The van der Waals surface area contributed by atoms with Crippen LogP contribution in [0.3, 0.4) is 0 Å². The Labute approximate surface area is 128 Å². The molecule has 0 saturated carbocycles. The molecule has 0 radical (unpaired) electrons. The van der Waals surface area contributed by atoms with E-state index in [1.165, 1.54) is 23.5 Å². The van der Waals surface area contributed by atoms with Gasteiger partial charge in [0.1, 0.15) is 0 Å². The number of nitrogens with zero attached hydrogens (tertiary/aromatic N) is 3. The minimum atomic E-state index is -0.487. The first kappa shape index (κ1) is 13.9. The van der Waals surface area contributed by atoms with E-state index < -0.39 is 4.92 Å². The molecule has 2 aromatic heterocycles. The van der Waals surface area contributed by atoms with Crippen molar-refractivity contribution >= 4 is 28.9 Å². The van der Waals surface area contributed by atoms with Gasteiger partial charge >= 0.3 is 0 Å². The highest BCUT2D eigenvalue weighted by atomic mass is 32.1. The van der Waals surface area contributed by atoms with E-state index in [1.807, 2.05) is 0 Å². The number of nitro groups is 1. The monoisotopic (exact) mass is 315 g/mol. The zero-order chi connectivity index (χ0) is 15.5. The molecule has 2 N–H and O–H groups in total. The summed E-state index contributed by atoms with van der Waals surface area (Å²) in [6.45, 7) is 0. The highest BCUT2D eigenvalue weighted by Crippen LogP contribution is 2.21. The quantitative estimate of drug-likeness (QED) is 0.567. The van der Waals surface area contributed by atoms with Crippen molar-refractivity contribution in [3.05, 3.63) is 56.8 Å². The fraction of sp³-hybridized carbons (Fsp3) is 0. The summed E-state index contributed by atoms with van der Waals surface area (Å²) in [4.78, 5) is 26.8. The highest BCUT2D eigenvalue weighted by molar-refractivity contribution is 7.12. The number of anilines is 1. The first-order valence-corrected chi connectivity index (χ1v) is 7.03. The highest BCUT2D eigenvalue weighted by Gasteiger charge is 2.13. The summed E-state index contributed by atoms with van der Waals surface area (Å²) in [6.07, 6.45) is 0. The summed E-state index contributed by atoms with van der Waals surface area (Å²) >= 11 is 1.31. The molecule has 0 bridgehead atoms. The Morgan fingerprint density at radius 3 is 2.91 bits per heavy atom. The van der Waals surface area contributed by atoms with Gasteiger partial charge in [0, 0.05) is 17.7 Å². The average molecular weight is 315 g/mol. The molecule has 1 aromatic carbocycles. The molecule has 22 heavy (non-hydrogen) atoms. The molecule has 0 fully saturated rings. The normalized spacial score (nSPS) is 10.4. The molecule has 0 aliphatic carbocycles. The summed E-state index contributed by atoms with van der Waals surface area (Å²) in [7, 11) is 0. The lowest BCUT2D eigenvalue weighted by molar-refractivity contribution is -0.384. The van der Waals surface area contributed by atoms with Crippen molar-refractivity contribution in [1.82, 2.24) is 15.2 Å². The number of hydrogen-bond acceptors (Lipinski definition) is 6. The molecule has 9 heteroatoms. The van der Waals surface area contributed by atoms with Crippen LogP contribution in [0.2, 0.25) is 0 Å². The van der Waals surface area contributed by atoms with Crippen LogP contribution in [0.4, 0.5) is 11.6 Å². The zero-order valence-electron chi connectivity index (χ0n) is 11.0. The van der Waals surface area contributed by atoms with Crippen molar-refractivity contribution in [2.45, 2.75) is 0 Å². The van der Waals surface area contributed by atoms with Crippen LogP contribution in [0.5, 0.6) is 0 Å². The summed E-state index contributed by atoms with van der Waals surface area (Å²) in [5, 5.41) is 21.6. The zero-order valence-corrected chi connectivity index (χ0v) is 11.8. The molecule has 1 amide bonds. The van der Waals surface area contributed by atoms with E-state index in [-0.39, 0.29) is 17.5 Å². The number of H-pyrrole nitrogens is 1. The van der Waals surface area contributed by atoms with Crippen molar-refractivity contribution in [2.75, 3.05) is 5.32 Å². The maximum Gasteiger partial charge on any atom is 0.270 e. The SMILES string of the molecule is O=C(Nc1n[nH]c(-c2cccc([N+](=O)[O-])c2)n1)c1cccs1. The predicted octanol–water partition coefficient (Wildman–Crippen LogP) is 2.69. The molecule has 3 aromatic rings. The molecule has 0 atom stereocenters. The third-order valence-corrected chi connectivity index (χ3v) is 3.65. The number of aromatic amines is 1. The number of nitro benzene ring substituents is 1. The second kappa shape index (κ2) is 5.74. The summed E-state index contributed by atoms with van der Waals surface area (Å²) in [5.41, 5.74) is 0.469. The Hall–Kier alpha value is -3.07. The smallest absolute Gasteiger partial charge is 0.270 e. The summed E-state index contributed by atoms with van der Waals surface area (Å²) in [5.74, 6) is 0.143. The van der Waals surface area contributed by atoms with Crippen molar-refractivity contribution in [2.24, 2.45) is 0 Å². The number of carbonyl (C=O) groups is 1. The Bertz CT molecular complexity index is 828. The number of thiophene rings is 1. The van der Waals surface area contributed by atoms with Crippen molar-refractivity contribution < 1.29 is 9.72 Å². The van der Waals surface area contributed by atoms with E-state index in [4.69, 9.17) is 0 Å². The Morgan fingerprint density at radius 1 is 1.32 bits per heavy atom. The van der Waals surface area contributed by atoms with Gasteiger partial charge in [-0.15, -0.1) is 16.4 Å². The largest absolute Gasteiger partial charge is 0.288 e. The van der Waals surface area contributed by atoms with Crippen LogP contribution in [0, 0.1) is 10.1 Å². The van der Waals surface area contributed by atoms with Crippen LogP contribution in [0.1, 0.15) is 9.67 Å². The van der Waals surface area contributed by atoms with Gasteiger partial charge in [0.2, 0.25) is 5.95 Å². The molecule has 8 nitrogen and oxygen atoms in total. The number of benzene rings is 1. The molecule has 2 heterocycles. The molecule has 0 spiro atoms. The second-order valence-corrected chi connectivity index (χ2v) is 5.19. The summed E-state index contributed by atoms with van der Waals surface area (Å²) in [6, 6.07) is 9.45. The van der Waals surface area contributed by atoms with Gasteiger partial charge in [-0.05, 0) is 11.4 Å². The molecule has 0 unspecified atom stereocenters. The Balaban J connectivity index is 1.80. The van der Waals surface area contributed by atoms with Crippen LogP contribution in [-0.4, -0.2) is 26.0 Å². The maximum atomic E-state index is 11.9. The van der Waals surface area contributed by atoms with Crippen LogP contribution in [0.25, 0.3) is 11.4 Å². The van der Waals surface area contributed by atoms with Gasteiger partial charge in [0.15, 0.2) is 5.82 Å². The van der Waals surface area contributed by atoms with Crippen LogP contribution < -0.4 is 5.32 Å². The number of nitrogens with one attached hydrogen (secondary N) is 2. The second-order valence-electron chi connectivity index (χ2n) is 4.25. The van der Waals surface area contributed by atoms with Crippen molar-refractivity contribution in [1.29, 1.82) is 0 Å². The maximum absolute atomic E-state index is 11.9. The standard InChI is InChI=1S/C13H9N5O3S/c19-12(10-5-2-6-22-10)15-13-14-11(16-17-13)8-3-1-4-9(7-8)18(20)21/h1-7H,(H2,14,15,16,17,19). The Morgan fingerprint density at radius 2 is 2.18 bits per heavy atom. The third kappa shape index (κ3) is 2.83. The van der Waals surface area contributed by atoms with Gasteiger partial charge in [-0.3, -0.25) is 25.3 Å². The lowest BCUT2D eigenvalue weighted by Crippen LogP contribution is -2.11. The van der Waals surface area contributed by atoms with Gasteiger partial charge in [-0.1, -0.05) is 18.2 Å². The van der Waals surface area contributed by atoms with Gasteiger partial charge < -0.3 is 0 Å². The van der Waals surface area contributed by atoms with Gasteiger partial charge in [-0.2, -0.15) is 4.98 Å². The van der Waals surface area contributed by atoms with Crippen LogP contribution in [0.15, 0.2) is 41.8 Å². The number of hydrogen-bond donors (Lipinski definition) is 2. The number of carbonyl (C=O) groups excluding carboxylic acids is 1. The van der Waals surface area contributed by atoms with E-state index >= 15 is 0 Å². The minimum Gasteiger partial charge on any atom is -0.288 e. The fourth-order valence-corrected chi connectivity index (χ4v) is 2.40. The van der Waals surface area contributed by atoms with E-state index in [0.29, 0.717) is 16.3 Å². The minimum absolute atomic E-state index is 0.0435. The molecular formula is C13H9N5O3S. The van der Waals surface area contributed by atoms with E-state index in [0.717, 1.165) is 0 Å². The number of amides is 1. The third-order valence-electron chi connectivity index (χ3n) is 2.79. The Kier molecular flexibility index (Phi) is 3.62. The van der Waals surface area contributed by atoms with Crippen LogP contribution in [-0.2, 0) is 0 Å². The lowest BCUT2D eigenvalue weighted by Gasteiger charge is -1.97. The van der Waals surface area contributed by atoms with E-state index in [2.05, 4.69) is 20.5 Å². The van der Waals surface area contributed by atoms with Gasteiger partial charge in [-0.25, -0.2) is 0 Å². The molecule has 0 saturated heterocycles. The molecule has 110 valence electrons. The van der Waals surface area contributed by atoms with Gasteiger partial charge in [0.05, 0.1) is 9.80 Å². The predicted molar refractivity (Wildman–Crippen MR) is 80.7 cm³/mol. The number of aromatic nitrogens is 3. The van der Waals surface area contributed by atoms with E-state index in [9.17, 15) is 14.9 Å². The molecule has 0 aliphatic heterocycles. The number of rotatable bonds is 4. The van der Waals surface area contributed by atoms with Crippen molar-refractivity contribution in [3.8, 4) is 11.4 Å². The summed E-state index contributed by atoms with van der Waals surface area (Å²) < 4.78 is 0. The average Bonchev–Trinajstić information content (AvgIpc) is 3.19. The van der Waals surface area contributed by atoms with Gasteiger partial charge in [0.25, 0.3) is 11.6 Å². The topological polar surface area (TPSA) is 114 Å². The molecule has 3 rings (SSSR count). The van der Waals surface area contributed by atoms with Crippen molar-refractivity contribution in [3.63, 3.8) is 0 Å². The number of non-ortho nitro benzene ring substituents is 1. The fourth-order valence-electron chi connectivity index (χ4n) is 1.78. The molecule has 0 aliphatic rings. The lowest BCUT2D eigenvalue weighted by atomic mass is 10.2. The first-order chi connectivity index (χ1) is 10.6. The van der Waals surface area contributed by atoms with Crippen LogP contribution >= 0.6 is 11.3 Å².